The second-order valence-corrected chi connectivity index (χ2v) is 6.68. The van der Waals surface area contributed by atoms with Crippen LogP contribution in [0.15, 0.2) is 0 Å². The van der Waals surface area contributed by atoms with Crippen LogP contribution in [0.3, 0.4) is 0 Å². The summed E-state index contributed by atoms with van der Waals surface area (Å²) in [6.07, 6.45) is 6.90. The number of rotatable bonds is 7. The van der Waals surface area contributed by atoms with Crippen LogP contribution in [-0.4, -0.2) is 84.2 Å². The van der Waals surface area contributed by atoms with E-state index >= 15 is 0 Å². The van der Waals surface area contributed by atoms with Crippen LogP contribution < -0.4 is 0 Å². The fraction of sp³-hybridized carbons (Fsp3) is 0.941. The summed E-state index contributed by atoms with van der Waals surface area (Å²) in [5, 5.41) is 8.83. The molecule has 0 aliphatic carbocycles. The predicted octanol–water partition coefficient (Wildman–Crippen LogP) is 1.17. The maximum atomic E-state index is 12.5. The first-order valence-electron chi connectivity index (χ1n) is 9.09. The van der Waals surface area contributed by atoms with Crippen molar-refractivity contribution in [2.24, 2.45) is 0 Å². The fourth-order valence-corrected chi connectivity index (χ4v) is 3.67. The van der Waals surface area contributed by atoms with Gasteiger partial charge in [0.05, 0.1) is 6.54 Å². The smallest absolute Gasteiger partial charge is 0.236 e. The SMILES string of the molecule is CCC1CCCCN1CC(=O)N1CCN(CCCCO)CC1. The average molecular weight is 311 g/mol. The van der Waals surface area contributed by atoms with Crippen LogP contribution in [0.2, 0.25) is 0 Å². The molecule has 2 saturated heterocycles. The summed E-state index contributed by atoms with van der Waals surface area (Å²) in [5.74, 6) is 0.315. The number of carbonyl (C=O) groups is 1. The number of likely N-dealkylation sites (tertiary alicyclic amines) is 1. The Morgan fingerprint density at radius 3 is 2.55 bits per heavy atom. The third-order valence-electron chi connectivity index (χ3n) is 5.17. The van der Waals surface area contributed by atoms with Crippen LogP contribution in [0.25, 0.3) is 0 Å². The van der Waals surface area contributed by atoms with Crippen LogP contribution in [0.5, 0.6) is 0 Å². The number of nitrogens with zero attached hydrogens (tertiary/aromatic N) is 3. The lowest BCUT2D eigenvalue weighted by atomic mass is 10.00. The molecule has 2 aliphatic rings. The van der Waals surface area contributed by atoms with Gasteiger partial charge < -0.3 is 10.0 Å². The lowest BCUT2D eigenvalue weighted by molar-refractivity contribution is -0.135. The van der Waals surface area contributed by atoms with E-state index < -0.39 is 0 Å². The van der Waals surface area contributed by atoms with Crippen molar-refractivity contribution in [1.29, 1.82) is 0 Å². The Kier molecular flexibility index (Phi) is 7.63. The van der Waals surface area contributed by atoms with Gasteiger partial charge in [0.25, 0.3) is 0 Å². The van der Waals surface area contributed by atoms with E-state index in [1.165, 1.54) is 19.3 Å². The van der Waals surface area contributed by atoms with E-state index in [2.05, 4.69) is 16.7 Å². The molecular formula is C17H33N3O2. The molecule has 1 N–H and O–H groups in total. The maximum Gasteiger partial charge on any atom is 0.236 e. The third-order valence-corrected chi connectivity index (χ3v) is 5.17. The molecule has 0 bridgehead atoms. The lowest BCUT2D eigenvalue weighted by Gasteiger charge is -2.38. The molecule has 2 heterocycles. The number of hydrogen-bond acceptors (Lipinski definition) is 4. The monoisotopic (exact) mass is 311 g/mol. The number of hydrogen-bond donors (Lipinski definition) is 1. The number of carbonyl (C=O) groups excluding carboxylic acids is 1. The zero-order valence-electron chi connectivity index (χ0n) is 14.2. The summed E-state index contributed by atoms with van der Waals surface area (Å²) in [7, 11) is 0. The molecular weight excluding hydrogens is 278 g/mol. The van der Waals surface area contributed by atoms with Crippen LogP contribution in [0, 0.1) is 0 Å². The largest absolute Gasteiger partial charge is 0.396 e. The minimum Gasteiger partial charge on any atom is -0.396 e. The van der Waals surface area contributed by atoms with Crippen molar-refractivity contribution in [2.75, 3.05) is 52.4 Å². The van der Waals surface area contributed by atoms with Crippen molar-refractivity contribution >= 4 is 5.91 Å². The van der Waals surface area contributed by atoms with E-state index in [4.69, 9.17) is 5.11 Å². The van der Waals surface area contributed by atoms with Gasteiger partial charge in [0.15, 0.2) is 0 Å². The van der Waals surface area contributed by atoms with Gasteiger partial charge in [-0.2, -0.15) is 0 Å². The molecule has 22 heavy (non-hydrogen) atoms. The van der Waals surface area contributed by atoms with Crippen molar-refractivity contribution in [3.63, 3.8) is 0 Å². The van der Waals surface area contributed by atoms with Gasteiger partial charge in [-0.15, -0.1) is 0 Å². The van der Waals surface area contributed by atoms with Crippen LogP contribution in [0.1, 0.15) is 45.4 Å². The van der Waals surface area contributed by atoms with Crippen LogP contribution in [-0.2, 0) is 4.79 Å². The molecule has 128 valence electrons. The van der Waals surface area contributed by atoms with Crippen molar-refractivity contribution in [3.05, 3.63) is 0 Å². The second kappa shape index (κ2) is 9.48. The molecule has 2 aliphatic heterocycles. The summed E-state index contributed by atoms with van der Waals surface area (Å²) in [6, 6.07) is 0.609. The zero-order valence-corrected chi connectivity index (χ0v) is 14.2. The van der Waals surface area contributed by atoms with Gasteiger partial charge in [-0.3, -0.25) is 14.6 Å². The summed E-state index contributed by atoms with van der Waals surface area (Å²) in [4.78, 5) is 19.4. The first-order valence-corrected chi connectivity index (χ1v) is 9.09. The van der Waals surface area contributed by atoms with E-state index in [-0.39, 0.29) is 6.61 Å². The standard InChI is InChI=1S/C17H33N3O2/c1-2-16-7-3-4-9-20(16)15-17(22)19-12-10-18(11-13-19)8-5-6-14-21/h16,21H,2-15H2,1H3. The number of aliphatic hydroxyl groups is 1. The van der Waals surface area contributed by atoms with Crippen molar-refractivity contribution in [1.82, 2.24) is 14.7 Å². The first kappa shape index (κ1) is 17.7. The molecule has 5 heteroatoms. The van der Waals surface area contributed by atoms with Gasteiger partial charge in [0.1, 0.15) is 0 Å². The quantitative estimate of drug-likeness (QED) is 0.717. The average Bonchev–Trinajstić information content (AvgIpc) is 2.56. The first-order chi connectivity index (χ1) is 10.7. The highest BCUT2D eigenvalue weighted by Gasteiger charge is 2.26. The highest BCUT2D eigenvalue weighted by molar-refractivity contribution is 5.78. The lowest BCUT2D eigenvalue weighted by Crippen LogP contribution is -2.52. The molecule has 0 aromatic rings. The number of piperazine rings is 1. The number of unbranched alkanes of at least 4 members (excludes halogenated alkanes) is 1. The number of piperidine rings is 1. The van der Waals surface area contributed by atoms with Crippen LogP contribution >= 0.6 is 0 Å². The molecule has 0 aromatic heterocycles. The molecule has 2 fully saturated rings. The molecule has 1 unspecified atom stereocenters. The van der Waals surface area contributed by atoms with Crippen molar-refractivity contribution in [2.45, 2.75) is 51.5 Å². The number of aliphatic hydroxyl groups excluding tert-OH is 1. The minimum atomic E-state index is 0.285. The van der Waals surface area contributed by atoms with Crippen molar-refractivity contribution in [3.8, 4) is 0 Å². The Bertz CT molecular complexity index is 330. The Hall–Kier alpha value is -0.650. The van der Waals surface area contributed by atoms with Gasteiger partial charge in [-0.1, -0.05) is 13.3 Å². The summed E-state index contributed by atoms with van der Waals surface area (Å²) >= 11 is 0. The van der Waals surface area contributed by atoms with E-state index in [0.717, 1.165) is 58.5 Å². The Morgan fingerprint density at radius 1 is 1.09 bits per heavy atom. The molecule has 0 radical (unpaired) electrons. The Balaban J connectivity index is 1.70. The Labute approximate surface area is 135 Å². The second-order valence-electron chi connectivity index (χ2n) is 6.68. The van der Waals surface area contributed by atoms with Gasteiger partial charge in [-0.25, -0.2) is 0 Å². The van der Waals surface area contributed by atoms with E-state index in [1.807, 2.05) is 4.90 Å². The molecule has 5 nitrogen and oxygen atoms in total. The molecule has 2 rings (SSSR count). The highest BCUT2D eigenvalue weighted by atomic mass is 16.2. The fourth-order valence-electron chi connectivity index (χ4n) is 3.67. The Morgan fingerprint density at radius 2 is 1.86 bits per heavy atom. The van der Waals surface area contributed by atoms with E-state index in [1.54, 1.807) is 0 Å². The summed E-state index contributed by atoms with van der Waals surface area (Å²) < 4.78 is 0. The number of amides is 1. The van der Waals surface area contributed by atoms with E-state index in [0.29, 0.717) is 18.5 Å². The van der Waals surface area contributed by atoms with Gasteiger partial charge in [0, 0.05) is 38.8 Å². The van der Waals surface area contributed by atoms with Gasteiger partial charge in [-0.05, 0) is 45.2 Å². The summed E-state index contributed by atoms with van der Waals surface area (Å²) in [5.41, 5.74) is 0. The van der Waals surface area contributed by atoms with Crippen molar-refractivity contribution < 1.29 is 9.90 Å². The highest BCUT2D eigenvalue weighted by Crippen LogP contribution is 2.19. The molecule has 1 atom stereocenters. The summed E-state index contributed by atoms with van der Waals surface area (Å²) in [6.45, 7) is 8.96. The third kappa shape index (κ3) is 5.21. The zero-order chi connectivity index (χ0) is 15.8. The minimum absolute atomic E-state index is 0.285. The molecule has 0 saturated carbocycles. The predicted molar refractivity (Wildman–Crippen MR) is 88.8 cm³/mol. The van der Waals surface area contributed by atoms with Gasteiger partial charge in [0.2, 0.25) is 5.91 Å². The van der Waals surface area contributed by atoms with Crippen LogP contribution in [0.4, 0.5) is 0 Å². The molecule has 0 spiro atoms. The molecule has 1 amide bonds. The van der Waals surface area contributed by atoms with Gasteiger partial charge >= 0.3 is 0 Å². The molecule has 0 aromatic carbocycles. The van der Waals surface area contributed by atoms with E-state index in [9.17, 15) is 4.79 Å². The normalized spacial score (nSPS) is 24.6. The topological polar surface area (TPSA) is 47.0 Å². The maximum absolute atomic E-state index is 12.5.